The van der Waals surface area contributed by atoms with Gasteiger partial charge in [0, 0.05) is 25.2 Å². The van der Waals surface area contributed by atoms with E-state index in [-0.39, 0.29) is 17.8 Å². The fraction of sp³-hybridized carbons (Fsp3) is 1.00. The van der Waals surface area contributed by atoms with E-state index in [2.05, 4.69) is 4.72 Å². The second-order valence-electron chi connectivity index (χ2n) is 4.00. The lowest BCUT2D eigenvalue weighted by Gasteiger charge is -2.35. The molecule has 2 N–H and O–H groups in total. The van der Waals surface area contributed by atoms with Crippen LogP contribution >= 0.6 is 0 Å². The van der Waals surface area contributed by atoms with E-state index in [0.717, 1.165) is 0 Å². The molecule has 1 saturated heterocycles. The first-order valence-electron chi connectivity index (χ1n) is 5.19. The smallest absolute Gasteiger partial charge is 0.211 e. The number of ether oxygens (including phenoxy) is 1. The highest BCUT2D eigenvalue weighted by Crippen LogP contribution is 2.29. The summed E-state index contributed by atoms with van der Waals surface area (Å²) >= 11 is 0. The molecular weight excluding hydrogens is 218 g/mol. The minimum Gasteiger partial charge on any atom is -0.396 e. The first-order valence-corrected chi connectivity index (χ1v) is 6.85. The fourth-order valence-electron chi connectivity index (χ4n) is 1.56. The quantitative estimate of drug-likeness (QED) is 0.689. The topological polar surface area (TPSA) is 75.6 Å². The Morgan fingerprint density at radius 1 is 1.40 bits per heavy atom. The van der Waals surface area contributed by atoms with Crippen molar-refractivity contribution in [1.29, 1.82) is 0 Å². The Balaban J connectivity index is 2.53. The molecule has 1 rings (SSSR count). The van der Waals surface area contributed by atoms with Gasteiger partial charge in [0.05, 0.1) is 12.4 Å². The van der Waals surface area contributed by atoms with Crippen LogP contribution in [-0.2, 0) is 14.8 Å². The molecule has 1 fully saturated rings. The van der Waals surface area contributed by atoms with Crippen molar-refractivity contribution in [3.63, 3.8) is 0 Å². The van der Waals surface area contributed by atoms with Gasteiger partial charge in [-0.15, -0.1) is 0 Å². The van der Waals surface area contributed by atoms with Crippen LogP contribution in [0.3, 0.4) is 0 Å². The standard InChI is InChI=1S/C9H19NO4S/c1-2-15(12,13)10-7-9(8-11)3-5-14-6-4-9/h10-11H,2-8H2,1H3. The van der Waals surface area contributed by atoms with Crippen molar-refractivity contribution in [2.45, 2.75) is 19.8 Å². The highest BCUT2D eigenvalue weighted by Gasteiger charge is 2.32. The van der Waals surface area contributed by atoms with E-state index in [4.69, 9.17) is 4.74 Å². The fourth-order valence-corrected chi connectivity index (χ4v) is 2.29. The maximum atomic E-state index is 11.3. The molecule has 0 amide bonds. The normalized spacial score (nSPS) is 21.5. The summed E-state index contributed by atoms with van der Waals surface area (Å²) in [6.07, 6.45) is 1.41. The van der Waals surface area contributed by atoms with Crippen LogP contribution in [0.2, 0.25) is 0 Å². The molecular formula is C9H19NO4S. The van der Waals surface area contributed by atoms with E-state index in [1.165, 1.54) is 0 Å². The van der Waals surface area contributed by atoms with Crippen molar-refractivity contribution in [3.05, 3.63) is 0 Å². The Hall–Kier alpha value is -0.170. The van der Waals surface area contributed by atoms with Crippen LogP contribution in [0.1, 0.15) is 19.8 Å². The number of hydrogen-bond acceptors (Lipinski definition) is 4. The second-order valence-corrected chi connectivity index (χ2v) is 6.09. The minimum atomic E-state index is -3.17. The minimum absolute atomic E-state index is 0.00257. The van der Waals surface area contributed by atoms with Crippen LogP contribution in [0.15, 0.2) is 0 Å². The van der Waals surface area contributed by atoms with Gasteiger partial charge in [-0.2, -0.15) is 0 Å². The molecule has 0 spiro atoms. The zero-order valence-electron chi connectivity index (χ0n) is 9.03. The molecule has 0 aromatic heterocycles. The van der Waals surface area contributed by atoms with Crippen LogP contribution < -0.4 is 4.72 Å². The second kappa shape index (κ2) is 5.25. The summed E-state index contributed by atoms with van der Waals surface area (Å²) in [4.78, 5) is 0. The average molecular weight is 237 g/mol. The first kappa shape index (κ1) is 12.9. The number of hydrogen-bond donors (Lipinski definition) is 2. The monoisotopic (exact) mass is 237 g/mol. The molecule has 0 saturated carbocycles. The SMILES string of the molecule is CCS(=O)(=O)NCC1(CO)CCOCC1. The molecule has 0 bridgehead atoms. The molecule has 1 heterocycles. The summed E-state index contributed by atoms with van der Waals surface area (Å²) in [6.45, 7) is 3.09. The van der Waals surface area contributed by atoms with Gasteiger partial charge < -0.3 is 9.84 Å². The van der Waals surface area contributed by atoms with Gasteiger partial charge in [0.25, 0.3) is 0 Å². The lowest BCUT2D eigenvalue weighted by molar-refractivity contribution is -0.0126. The molecule has 0 aromatic carbocycles. The van der Waals surface area contributed by atoms with E-state index in [1.807, 2.05) is 0 Å². The summed E-state index contributed by atoms with van der Waals surface area (Å²) in [5.41, 5.74) is -0.333. The zero-order valence-corrected chi connectivity index (χ0v) is 9.85. The Morgan fingerprint density at radius 3 is 2.47 bits per heavy atom. The number of aliphatic hydroxyl groups excluding tert-OH is 1. The molecule has 15 heavy (non-hydrogen) atoms. The van der Waals surface area contributed by atoms with E-state index in [9.17, 15) is 13.5 Å². The summed E-state index contributed by atoms with van der Waals surface area (Å²) in [5, 5.41) is 9.32. The lowest BCUT2D eigenvalue weighted by atomic mass is 9.81. The summed E-state index contributed by atoms with van der Waals surface area (Å²) in [6, 6.07) is 0. The van der Waals surface area contributed by atoms with E-state index < -0.39 is 10.0 Å². The van der Waals surface area contributed by atoms with Gasteiger partial charge in [0.2, 0.25) is 10.0 Å². The Labute approximate surface area is 90.9 Å². The Bertz CT molecular complexity index is 282. The molecule has 90 valence electrons. The highest BCUT2D eigenvalue weighted by atomic mass is 32.2. The average Bonchev–Trinajstić information content (AvgIpc) is 2.28. The van der Waals surface area contributed by atoms with Gasteiger partial charge in [-0.05, 0) is 19.8 Å². The van der Waals surface area contributed by atoms with Gasteiger partial charge in [-0.1, -0.05) is 0 Å². The molecule has 5 nitrogen and oxygen atoms in total. The third-order valence-electron chi connectivity index (χ3n) is 2.94. The molecule has 0 atom stereocenters. The number of aliphatic hydroxyl groups is 1. The Kier molecular flexibility index (Phi) is 4.51. The third kappa shape index (κ3) is 3.71. The van der Waals surface area contributed by atoms with Crippen molar-refractivity contribution in [3.8, 4) is 0 Å². The van der Waals surface area contributed by atoms with Crippen LogP contribution in [0.25, 0.3) is 0 Å². The summed E-state index contributed by atoms with van der Waals surface area (Å²) < 4.78 is 30.3. The van der Waals surface area contributed by atoms with Crippen molar-refractivity contribution in [1.82, 2.24) is 4.72 Å². The third-order valence-corrected chi connectivity index (χ3v) is 4.28. The van der Waals surface area contributed by atoms with Gasteiger partial charge in [0.15, 0.2) is 0 Å². The molecule has 1 aliphatic heterocycles. The molecule has 0 radical (unpaired) electrons. The molecule has 0 unspecified atom stereocenters. The van der Waals surface area contributed by atoms with Gasteiger partial charge in [0.1, 0.15) is 0 Å². The number of rotatable bonds is 5. The zero-order chi connectivity index (χ0) is 11.4. The van der Waals surface area contributed by atoms with Gasteiger partial charge in [-0.25, -0.2) is 13.1 Å². The maximum absolute atomic E-state index is 11.3. The van der Waals surface area contributed by atoms with Crippen LogP contribution in [0, 0.1) is 5.41 Å². The summed E-state index contributed by atoms with van der Waals surface area (Å²) in [5.74, 6) is 0.0744. The summed E-state index contributed by atoms with van der Waals surface area (Å²) in [7, 11) is -3.17. The van der Waals surface area contributed by atoms with E-state index >= 15 is 0 Å². The van der Waals surface area contributed by atoms with Crippen molar-refractivity contribution >= 4 is 10.0 Å². The van der Waals surface area contributed by atoms with Gasteiger partial charge in [-0.3, -0.25) is 0 Å². The van der Waals surface area contributed by atoms with E-state index in [1.54, 1.807) is 6.92 Å². The predicted molar refractivity (Wildman–Crippen MR) is 57.0 cm³/mol. The number of nitrogens with one attached hydrogen (secondary N) is 1. The molecule has 0 aliphatic carbocycles. The van der Waals surface area contributed by atoms with Gasteiger partial charge >= 0.3 is 0 Å². The lowest BCUT2D eigenvalue weighted by Crippen LogP contribution is -2.44. The van der Waals surface area contributed by atoms with Crippen molar-refractivity contribution in [2.24, 2.45) is 5.41 Å². The predicted octanol–water partition coefficient (Wildman–Crippen LogP) is -0.285. The van der Waals surface area contributed by atoms with Crippen LogP contribution in [0.5, 0.6) is 0 Å². The van der Waals surface area contributed by atoms with Crippen LogP contribution in [-0.4, -0.2) is 45.6 Å². The molecule has 1 aliphatic rings. The van der Waals surface area contributed by atoms with E-state index in [0.29, 0.717) is 32.6 Å². The Morgan fingerprint density at radius 2 is 2.00 bits per heavy atom. The highest BCUT2D eigenvalue weighted by molar-refractivity contribution is 7.89. The maximum Gasteiger partial charge on any atom is 0.211 e. The molecule has 6 heteroatoms. The van der Waals surface area contributed by atoms with Crippen molar-refractivity contribution < 1.29 is 18.3 Å². The molecule has 0 aromatic rings. The van der Waals surface area contributed by atoms with Crippen LogP contribution in [0.4, 0.5) is 0 Å². The first-order chi connectivity index (χ1) is 7.04. The van der Waals surface area contributed by atoms with Crippen molar-refractivity contribution in [2.75, 3.05) is 32.1 Å². The largest absolute Gasteiger partial charge is 0.396 e. The number of sulfonamides is 1.